The highest BCUT2D eigenvalue weighted by atomic mass is 79.9. The average Bonchev–Trinajstić information content (AvgIpc) is 2.21. The predicted molar refractivity (Wildman–Crippen MR) is 70.5 cm³/mol. The number of hydrogen-bond acceptors (Lipinski definition) is 2. The molecular formula is C13H18BrNO. The molecule has 1 saturated heterocycles. The van der Waals surface area contributed by atoms with Crippen LogP contribution in [0.5, 0.6) is 5.75 Å². The summed E-state index contributed by atoms with van der Waals surface area (Å²) < 4.78 is 6.83. The van der Waals surface area contributed by atoms with Gasteiger partial charge in [-0.3, -0.25) is 0 Å². The van der Waals surface area contributed by atoms with E-state index >= 15 is 0 Å². The first-order valence-corrected chi connectivity index (χ1v) is 6.41. The van der Waals surface area contributed by atoms with Gasteiger partial charge in [0.15, 0.2) is 0 Å². The number of hydrogen-bond donors (Lipinski definition) is 1. The molecule has 3 heteroatoms. The van der Waals surface area contributed by atoms with E-state index in [-0.39, 0.29) is 0 Å². The van der Waals surface area contributed by atoms with Crippen LogP contribution in [0.25, 0.3) is 0 Å². The molecule has 1 aliphatic rings. The molecule has 1 heterocycles. The Morgan fingerprint density at radius 1 is 1.12 bits per heavy atom. The van der Waals surface area contributed by atoms with Crippen LogP contribution in [0.15, 0.2) is 4.47 Å². The Morgan fingerprint density at radius 3 is 2.19 bits per heavy atom. The minimum Gasteiger partial charge on any atom is -0.496 e. The predicted octanol–water partition coefficient (Wildman–Crippen LogP) is 3.07. The molecule has 0 spiro atoms. The van der Waals surface area contributed by atoms with Crippen molar-refractivity contribution in [1.82, 2.24) is 5.32 Å². The highest BCUT2D eigenvalue weighted by Gasteiger charge is 2.27. The van der Waals surface area contributed by atoms with Gasteiger partial charge in [0.25, 0.3) is 0 Å². The topological polar surface area (TPSA) is 21.3 Å². The zero-order valence-electron chi connectivity index (χ0n) is 10.3. The molecule has 1 fully saturated rings. The lowest BCUT2D eigenvalue weighted by atomic mass is 9.86. The number of halogens is 1. The van der Waals surface area contributed by atoms with Gasteiger partial charge in [0.2, 0.25) is 0 Å². The highest BCUT2D eigenvalue weighted by molar-refractivity contribution is 9.10. The molecule has 1 N–H and O–H groups in total. The molecule has 0 radical (unpaired) electrons. The Labute approximate surface area is 106 Å². The van der Waals surface area contributed by atoms with Crippen molar-refractivity contribution < 1.29 is 4.74 Å². The summed E-state index contributed by atoms with van der Waals surface area (Å²) in [6.45, 7) is 8.57. The molecule has 0 saturated carbocycles. The number of rotatable bonds is 2. The van der Waals surface area contributed by atoms with Gasteiger partial charge in [-0.15, -0.1) is 0 Å². The second-order valence-corrected chi connectivity index (χ2v) is 5.28. The Balaban J connectivity index is 2.64. The van der Waals surface area contributed by atoms with E-state index in [1.807, 2.05) is 0 Å². The first-order chi connectivity index (χ1) is 7.57. The van der Waals surface area contributed by atoms with E-state index in [0.717, 1.165) is 18.8 Å². The normalized spacial score (nSPS) is 16.1. The zero-order valence-corrected chi connectivity index (χ0v) is 11.9. The van der Waals surface area contributed by atoms with Crippen molar-refractivity contribution in [3.05, 3.63) is 26.7 Å². The lowest BCUT2D eigenvalue weighted by molar-refractivity contribution is 0.381. The summed E-state index contributed by atoms with van der Waals surface area (Å²) in [5.41, 5.74) is 5.23. The fourth-order valence-electron chi connectivity index (χ4n) is 2.35. The molecule has 0 aromatic heterocycles. The maximum absolute atomic E-state index is 5.60. The van der Waals surface area contributed by atoms with E-state index in [9.17, 15) is 0 Å². The minimum atomic E-state index is 0.602. The summed E-state index contributed by atoms with van der Waals surface area (Å²) in [5.74, 6) is 1.68. The van der Waals surface area contributed by atoms with Gasteiger partial charge in [0.1, 0.15) is 5.75 Å². The molecule has 1 aromatic rings. The van der Waals surface area contributed by atoms with Gasteiger partial charge >= 0.3 is 0 Å². The molecule has 2 rings (SSSR count). The van der Waals surface area contributed by atoms with Crippen LogP contribution in [0.2, 0.25) is 0 Å². The van der Waals surface area contributed by atoms with Crippen molar-refractivity contribution in [3.8, 4) is 5.75 Å². The summed E-state index contributed by atoms with van der Waals surface area (Å²) in [6.07, 6.45) is 0. The molecule has 0 bridgehead atoms. The Bertz CT molecular complexity index is 425. The Hall–Kier alpha value is -0.540. The fourth-order valence-corrected chi connectivity index (χ4v) is 2.87. The van der Waals surface area contributed by atoms with Crippen LogP contribution >= 0.6 is 15.9 Å². The second kappa shape index (κ2) is 4.38. The Kier molecular flexibility index (Phi) is 3.27. The number of ether oxygens (including phenoxy) is 1. The zero-order chi connectivity index (χ0) is 11.9. The summed E-state index contributed by atoms with van der Waals surface area (Å²) >= 11 is 3.69. The quantitative estimate of drug-likeness (QED) is 0.901. The van der Waals surface area contributed by atoms with E-state index in [4.69, 9.17) is 4.74 Å². The monoisotopic (exact) mass is 283 g/mol. The maximum atomic E-state index is 5.60. The third-order valence-corrected chi connectivity index (χ3v) is 4.79. The van der Waals surface area contributed by atoms with Gasteiger partial charge in [-0.25, -0.2) is 0 Å². The molecule has 16 heavy (non-hydrogen) atoms. The van der Waals surface area contributed by atoms with Gasteiger partial charge in [-0.1, -0.05) is 15.9 Å². The van der Waals surface area contributed by atoms with Gasteiger partial charge in [-0.05, 0) is 37.5 Å². The first-order valence-electron chi connectivity index (χ1n) is 5.61. The SMILES string of the molecule is COc1c(C)c(C)c(Br)c(C)c1C1CNC1. The Morgan fingerprint density at radius 2 is 1.75 bits per heavy atom. The fraction of sp³-hybridized carbons (Fsp3) is 0.538. The van der Waals surface area contributed by atoms with Gasteiger partial charge < -0.3 is 10.1 Å². The number of benzene rings is 1. The molecule has 0 unspecified atom stereocenters. The second-order valence-electron chi connectivity index (χ2n) is 4.49. The van der Waals surface area contributed by atoms with Crippen LogP contribution in [-0.2, 0) is 0 Å². The molecule has 2 nitrogen and oxygen atoms in total. The van der Waals surface area contributed by atoms with Gasteiger partial charge in [-0.2, -0.15) is 0 Å². The minimum absolute atomic E-state index is 0.602. The first kappa shape index (κ1) is 11.9. The van der Waals surface area contributed by atoms with E-state index < -0.39 is 0 Å². The van der Waals surface area contributed by atoms with Crippen molar-refractivity contribution in [2.24, 2.45) is 0 Å². The van der Waals surface area contributed by atoms with Crippen LogP contribution in [-0.4, -0.2) is 20.2 Å². The largest absolute Gasteiger partial charge is 0.496 e. The van der Waals surface area contributed by atoms with Crippen LogP contribution in [0.1, 0.15) is 28.2 Å². The van der Waals surface area contributed by atoms with Crippen LogP contribution in [0, 0.1) is 20.8 Å². The average molecular weight is 284 g/mol. The molecule has 88 valence electrons. The van der Waals surface area contributed by atoms with Crippen LogP contribution in [0.4, 0.5) is 0 Å². The van der Waals surface area contributed by atoms with Crippen molar-refractivity contribution in [2.45, 2.75) is 26.7 Å². The molecule has 0 atom stereocenters. The summed E-state index contributed by atoms with van der Waals surface area (Å²) in [7, 11) is 1.77. The van der Waals surface area contributed by atoms with Crippen LogP contribution in [0.3, 0.4) is 0 Å². The molecule has 1 aromatic carbocycles. The standard InChI is InChI=1S/C13H18BrNO/c1-7-8(2)13(16-4)11(9(3)12(7)14)10-5-15-6-10/h10,15H,5-6H2,1-4H3. The van der Waals surface area contributed by atoms with Gasteiger partial charge in [0.05, 0.1) is 7.11 Å². The summed E-state index contributed by atoms with van der Waals surface area (Å²) in [6, 6.07) is 0. The van der Waals surface area contributed by atoms with E-state index in [0.29, 0.717) is 5.92 Å². The maximum Gasteiger partial charge on any atom is 0.125 e. The van der Waals surface area contributed by atoms with Crippen molar-refractivity contribution in [2.75, 3.05) is 20.2 Å². The summed E-state index contributed by atoms with van der Waals surface area (Å²) in [4.78, 5) is 0. The third-order valence-electron chi connectivity index (χ3n) is 3.60. The van der Waals surface area contributed by atoms with E-state index in [1.54, 1.807) is 7.11 Å². The molecule has 0 amide bonds. The van der Waals surface area contributed by atoms with E-state index in [2.05, 4.69) is 42.0 Å². The van der Waals surface area contributed by atoms with E-state index in [1.165, 1.54) is 26.7 Å². The summed E-state index contributed by atoms with van der Waals surface area (Å²) in [5, 5.41) is 3.32. The smallest absolute Gasteiger partial charge is 0.125 e. The van der Waals surface area contributed by atoms with Crippen molar-refractivity contribution >= 4 is 15.9 Å². The number of methoxy groups -OCH3 is 1. The van der Waals surface area contributed by atoms with Crippen LogP contribution < -0.4 is 10.1 Å². The van der Waals surface area contributed by atoms with Crippen molar-refractivity contribution in [1.29, 1.82) is 0 Å². The lowest BCUT2D eigenvalue weighted by Gasteiger charge is -2.32. The molecular weight excluding hydrogens is 266 g/mol. The number of nitrogens with one attached hydrogen (secondary N) is 1. The molecule has 1 aliphatic heterocycles. The molecule has 0 aliphatic carbocycles. The van der Waals surface area contributed by atoms with Crippen molar-refractivity contribution in [3.63, 3.8) is 0 Å². The third kappa shape index (κ3) is 1.66. The highest BCUT2D eigenvalue weighted by Crippen LogP contribution is 2.40. The van der Waals surface area contributed by atoms with Gasteiger partial charge in [0, 0.05) is 29.0 Å². The lowest BCUT2D eigenvalue weighted by Crippen LogP contribution is -2.40.